The largest absolute Gasteiger partial charge is 0.388 e. The van der Waals surface area contributed by atoms with E-state index in [4.69, 9.17) is 4.74 Å². The van der Waals surface area contributed by atoms with Crippen molar-refractivity contribution in [3.05, 3.63) is 0 Å². The molecule has 0 aromatic heterocycles. The van der Waals surface area contributed by atoms with Gasteiger partial charge in [-0.25, -0.2) is 0 Å². The van der Waals surface area contributed by atoms with Gasteiger partial charge in [-0.05, 0) is 6.92 Å². The van der Waals surface area contributed by atoms with Crippen LogP contribution in [0, 0.1) is 0 Å². The number of amides is 1. The molecule has 5 nitrogen and oxygen atoms in total. The average molecular weight is 189 g/mol. The lowest BCUT2D eigenvalue weighted by Gasteiger charge is -2.35. The Labute approximate surface area is 76.7 Å². The Morgan fingerprint density at radius 1 is 1.54 bits per heavy atom. The van der Waals surface area contributed by atoms with E-state index in [9.17, 15) is 15.0 Å². The number of nitrogens with one attached hydrogen (secondary N) is 1. The molecule has 0 bridgehead atoms. The second-order valence-electron chi connectivity index (χ2n) is 3.33. The molecule has 4 atom stereocenters. The summed E-state index contributed by atoms with van der Waals surface area (Å²) in [5.74, 6) is -0.217. The van der Waals surface area contributed by atoms with Crippen molar-refractivity contribution in [1.82, 2.24) is 5.32 Å². The van der Waals surface area contributed by atoms with Crippen molar-refractivity contribution >= 4 is 5.91 Å². The highest BCUT2D eigenvalue weighted by Gasteiger charge is 2.34. The molecule has 0 saturated carbocycles. The third-order valence-electron chi connectivity index (χ3n) is 2.11. The first-order valence-electron chi connectivity index (χ1n) is 4.29. The molecule has 5 heteroatoms. The minimum atomic E-state index is -0.907. The van der Waals surface area contributed by atoms with E-state index in [0.29, 0.717) is 0 Å². The van der Waals surface area contributed by atoms with Crippen LogP contribution in [0.4, 0.5) is 0 Å². The van der Waals surface area contributed by atoms with Crippen molar-refractivity contribution in [3.8, 4) is 0 Å². The Kier molecular flexibility index (Phi) is 3.24. The van der Waals surface area contributed by atoms with Crippen molar-refractivity contribution in [2.45, 2.75) is 44.8 Å². The van der Waals surface area contributed by atoms with E-state index in [0.717, 1.165) is 0 Å². The summed E-state index contributed by atoms with van der Waals surface area (Å²) >= 11 is 0. The van der Waals surface area contributed by atoms with E-state index < -0.39 is 24.5 Å². The summed E-state index contributed by atoms with van der Waals surface area (Å²) in [6.45, 7) is 3.03. The van der Waals surface area contributed by atoms with Crippen molar-refractivity contribution < 1.29 is 19.7 Å². The fourth-order valence-corrected chi connectivity index (χ4v) is 1.47. The summed E-state index contributed by atoms with van der Waals surface area (Å²) in [4.78, 5) is 10.7. The number of ether oxygens (including phenoxy) is 1. The van der Waals surface area contributed by atoms with Crippen LogP contribution in [0.2, 0.25) is 0 Å². The van der Waals surface area contributed by atoms with Crippen molar-refractivity contribution in [2.24, 2.45) is 0 Å². The van der Waals surface area contributed by atoms with Crippen LogP contribution in [-0.4, -0.2) is 40.7 Å². The van der Waals surface area contributed by atoms with Gasteiger partial charge in [0.25, 0.3) is 0 Å². The summed E-state index contributed by atoms with van der Waals surface area (Å²) in [6.07, 6.45) is -1.89. The first-order valence-corrected chi connectivity index (χ1v) is 4.29. The minimum absolute atomic E-state index is 0.217. The van der Waals surface area contributed by atoms with Gasteiger partial charge in [-0.3, -0.25) is 4.79 Å². The third-order valence-corrected chi connectivity index (χ3v) is 2.11. The third kappa shape index (κ3) is 2.65. The molecule has 76 valence electrons. The van der Waals surface area contributed by atoms with Crippen LogP contribution < -0.4 is 5.32 Å². The first kappa shape index (κ1) is 10.4. The summed E-state index contributed by atoms with van der Waals surface area (Å²) in [5.41, 5.74) is 0. The Morgan fingerprint density at radius 2 is 2.15 bits per heavy atom. The molecule has 0 radical (unpaired) electrons. The van der Waals surface area contributed by atoms with Crippen molar-refractivity contribution in [2.75, 3.05) is 0 Å². The lowest BCUT2D eigenvalue weighted by atomic mass is 10.00. The van der Waals surface area contributed by atoms with Gasteiger partial charge in [0.2, 0.25) is 5.91 Å². The number of aliphatic hydroxyl groups is 2. The molecule has 1 aliphatic heterocycles. The Morgan fingerprint density at radius 3 is 2.69 bits per heavy atom. The van der Waals surface area contributed by atoms with E-state index in [1.165, 1.54) is 6.92 Å². The average Bonchev–Trinajstić information content (AvgIpc) is 1.98. The van der Waals surface area contributed by atoms with Crippen LogP contribution in [0.25, 0.3) is 0 Å². The maximum Gasteiger partial charge on any atom is 0.217 e. The number of carbonyl (C=O) groups is 1. The number of hydrogen-bond acceptors (Lipinski definition) is 4. The second kappa shape index (κ2) is 4.04. The van der Waals surface area contributed by atoms with Gasteiger partial charge < -0.3 is 20.3 Å². The zero-order valence-electron chi connectivity index (χ0n) is 7.73. The molecule has 3 N–H and O–H groups in total. The fourth-order valence-electron chi connectivity index (χ4n) is 1.47. The monoisotopic (exact) mass is 189 g/mol. The molecular weight excluding hydrogens is 174 g/mol. The lowest BCUT2D eigenvalue weighted by molar-refractivity contribution is -0.202. The molecule has 0 spiro atoms. The van der Waals surface area contributed by atoms with Gasteiger partial charge >= 0.3 is 0 Å². The van der Waals surface area contributed by atoms with Crippen LogP contribution in [-0.2, 0) is 9.53 Å². The first-order chi connectivity index (χ1) is 6.00. The van der Waals surface area contributed by atoms with E-state index >= 15 is 0 Å². The highest BCUT2D eigenvalue weighted by Crippen LogP contribution is 2.18. The van der Waals surface area contributed by atoms with Crippen molar-refractivity contribution in [1.29, 1.82) is 0 Å². The minimum Gasteiger partial charge on any atom is -0.388 e. The molecule has 1 heterocycles. The molecule has 0 unspecified atom stereocenters. The van der Waals surface area contributed by atoms with Gasteiger partial charge in [0.15, 0.2) is 6.29 Å². The van der Waals surface area contributed by atoms with E-state index in [-0.39, 0.29) is 12.3 Å². The predicted octanol–water partition coefficient (Wildman–Crippen LogP) is -1.02. The fraction of sp³-hybridized carbons (Fsp3) is 0.875. The summed E-state index contributed by atoms with van der Waals surface area (Å²) in [6, 6.07) is -0.420. The molecular formula is C8H15NO4. The van der Waals surface area contributed by atoms with E-state index in [2.05, 4.69) is 5.32 Å². The number of hydrogen-bond donors (Lipinski definition) is 3. The topological polar surface area (TPSA) is 78.8 Å². The number of aliphatic hydroxyl groups excluding tert-OH is 2. The zero-order valence-corrected chi connectivity index (χ0v) is 7.73. The zero-order chi connectivity index (χ0) is 10.0. The Hall–Kier alpha value is -0.650. The van der Waals surface area contributed by atoms with Gasteiger partial charge in [0, 0.05) is 13.3 Å². The molecule has 13 heavy (non-hydrogen) atoms. The second-order valence-corrected chi connectivity index (χ2v) is 3.33. The molecule has 0 aliphatic carbocycles. The summed E-state index contributed by atoms with van der Waals surface area (Å²) in [5, 5.41) is 21.3. The SMILES string of the molecule is CC(=O)N[C@H]1C[C@@H](O)O[C@@H](C)[C@@H]1O. The van der Waals surface area contributed by atoms with E-state index in [1.54, 1.807) is 6.92 Å². The molecule has 1 amide bonds. The van der Waals surface area contributed by atoms with Crippen LogP contribution in [0.3, 0.4) is 0 Å². The number of rotatable bonds is 1. The molecule has 1 fully saturated rings. The normalized spacial score (nSPS) is 40.0. The molecule has 1 aliphatic rings. The van der Waals surface area contributed by atoms with Gasteiger partial charge in [-0.15, -0.1) is 0 Å². The van der Waals surface area contributed by atoms with Gasteiger partial charge in [0.05, 0.1) is 12.1 Å². The standard InChI is InChI=1S/C8H15NO4/c1-4-8(12)6(9-5(2)10)3-7(11)13-4/h4,6-8,11-12H,3H2,1-2H3,(H,9,10)/t4-,6-,7-,8-/m0/s1. The molecule has 1 rings (SSSR count). The smallest absolute Gasteiger partial charge is 0.217 e. The Balaban J connectivity index is 2.55. The van der Waals surface area contributed by atoms with Gasteiger partial charge in [-0.1, -0.05) is 0 Å². The van der Waals surface area contributed by atoms with Crippen LogP contribution in [0.1, 0.15) is 20.3 Å². The van der Waals surface area contributed by atoms with Crippen LogP contribution >= 0.6 is 0 Å². The van der Waals surface area contributed by atoms with Crippen LogP contribution in [0.5, 0.6) is 0 Å². The highest BCUT2D eigenvalue weighted by atomic mass is 16.6. The van der Waals surface area contributed by atoms with E-state index in [1.807, 2.05) is 0 Å². The van der Waals surface area contributed by atoms with Crippen molar-refractivity contribution in [3.63, 3.8) is 0 Å². The number of carbonyl (C=O) groups excluding carboxylic acids is 1. The Bertz CT molecular complexity index is 197. The lowest BCUT2D eigenvalue weighted by Crippen LogP contribution is -2.54. The van der Waals surface area contributed by atoms with Crippen LogP contribution in [0.15, 0.2) is 0 Å². The predicted molar refractivity (Wildman–Crippen MR) is 44.8 cm³/mol. The van der Waals surface area contributed by atoms with Gasteiger partial charge in [-0.2, -0.15) is 0 Å². The maximum absolute atomic E-state index is 10.7. The molecule has 0 aromatic rings. The quantitative estimate of drug-likeness (QED) is 0.493. The summed E-state index contributed by atoms with van der Waals surface area (Å²) in [7, 11) is 0. The van der Waals surface area contributed by atoms with Gasteiger partial charge in [0.1, 0.15) is 6.10 Å². The maximum atomic E-state index is 10.7. The summed E-state index contributed by atoms with van der Waals surface area (Å²) < 4.78 is 4.96. The molecule has 0 aromatic carbocycles. The molecule has 1 saturated heterocycles. The highest BCUT2D eigenvalue weighted by molar-refractivity contribution is 5.73.